The van der Waals surface area contributed by atoms with E-state index >= 15 is 0 Å². The van der Waals surface area contributed by atoms with Crippen LogP contribution in [-0.4, -0.2) is 17.8 Å². The van der Waals surface area contributed by atoms with Crippen LogP contribution in [0.4, 0.5) is 18.9 Å². The number of alkyl halides is 4. The smallest absolute Gasteiger partial charge is 0.420 e. The molecule has 3 nitrogen and oxygen atoms in total. The Morgan fingerprint density at radius 1 is 1.44 bits per heavy atom. The second-order valence-electron chi connectivity index (χ2n) is 3.52. The molecule has 0 aliphatic rings. The molecular weight excluding hydrogens is 315 g/mol. The highest BCUT2D eigenvalue weighted by Gasteiger charge is 2.34. The molecule has 1 atom stereocenters. The van der Waals surface area contributed by atoms with Crippen LogP contribution in [0.5, 0.6) is 5.75 Å². The maximum Gasteiger partial charge on any atom is 0.420 e. The van der Waals surface area contributed by atoms with Crippen LogP contribution in [0.15, 0.2) is 18.2 Å². The maximum absolute atomic E-state index is 12.7. The van der Waals surface area contributed by atoms with Crippen molar-refractivity contribution in [2.24, 2.45) is 0 Å². The number of anilines is 1. The minimum Gasteiger partial charge on any atom is -0.496 e. The lowest BCUT2D eigenvalue weighted by molar-refractivity contribution is -0.138. The van der Waals surface area contributed by atoms with E-state index in [0.717, 1.165) is 19.2 Å². The lowest BCUT2D eigenvalue weighted by atomic mass is 10.1. The van der Waals surface area contributed by atoms with Gasteiger partial charge in [-0.2, -0.15) is 13.2 Å². The Hall–Kier alpha value is -1.24. The third-order valence-corrected chi connectivity index (χ3v) is 2.55. The van der Waals surface area contributed by atoms with Crippen molar-refractivity contribution < 1.29 is 22.7 Å². The zero-order valence-corrected chi connectivity index (χ0v) is 11.2. The fraction of sp³-hybridized carbons (Fsp3) is 0.364. The SMILES string of the molecule is COc1ccc(NC(=O)C(C)Br)cc1C(F)(F)F. The molecule has 0 aromatic heterocycles. The molecule has 0 radical (unpaired) electrons. The first-order valence-corrected chi connectivity index (χ1v) is 5.87. The van der Waals surface area contributed by atoms with Crippen LogP contribution in [0, 0.1) is 0 Å². The summed E-state index contributed by atoms with van der Waals surface area (Å²) in [5.41, 5.74) is -0.857. The van der Waals surface area contributed by atoms with Gasteiger partial charge in [0.15, 0.2) is 0 Å². The number of hydrogen-bond acceptors (Lipinski definition) is 2. The first kappa shape index (κ1) is 14.8. The van der Waals surface area contributed by atoms with Crippen molar-refractivity contribution in [2.45, 2.75) is 17.9 Å². The predicted octanol–water partition coefficient (Wildman–Crippen LogP) is 3.44. The van der Waals surface area contributed by atoms with Crippen LogP contribution in [0.25, 0.3) is 0 Å². The Kier molecular flexibility index (Phi) is 4.61. The van der Waals surface area contributed by atoms with Gasteiger partial charge in [-0.3, -0.25) is 4.79 Å². The second-order valence-corrected chi connectivity index (χ2v) is 4.89. The van der Waals surface area contributed by atoms with Crippen molar-refractivity contribution in [2.75, 3.05) is 12.4 Å². The highest BCUT2D eigenvalue weighted by molar-refractivity contribution is 9.10. The molecule has 1 unspecified atom stereocenters. The molecule has 1 rings (SSSR count). The Balaban J connectivity index is 3.08. The van der Waals surface area contributed by atoms with Crippen LogP contribution in [0.2, 0.25) is 0 Å². The zero-order chi connectivity index (χ0) is 13.9. The van der Waals surface area contributed by atoms with E-state index in [-0.39, 0.29) is 11.4 Å². The van der Waals surface area contributed by atoms with E-state index in [0.29, 0.717) is 0 Å². The minimum absolute atomic E-state index is 0.0689. The summed E-state index contributed by atoms with van der Waals surface area (Å²) in [4.78, 5) is 10.9. The van der Waals surface area contributed by atoms with Gasteiger partial charge >= 0.3 is 6.18 Å². The Morgan fingerprint density at radius 2 is 2.06 bits per heavy atom. The van der Waals surface area contributed by atoms with Crippen molar-refractivity contribution >= 4 is 27.5 Å². The molecule has 0 saturated heterocycles. The second kappa shape index (κ2) is 5.60. The minimum atomic E-state index is -4.54. The summed E-state index contributed by atoms with van der Waals surface area (Å²) in [7, 11) is 1.16. The standard InChI is InChI=1S/C11H11BrF3NO2/c1-6(12)10(17)16-7-3-4-9(18-2)8(5-7)11(13,14)15/h3-6H,1-2H3,(H,16,17). The van der Waals surface area contributed by atoms with Crippen LogP contribution in [0.1, 0.15) is 12.5 Å². The largest absolute Gasteiger partial charge is 0.496 e. The number of nitrogens with one attached hydrogen (secondary N) is 1. The molecule has 0 saturated carbocycles. The van der Waals surface area contributed by atoms with Crippen LogP contribution < -0.4 is 10.1 Å². The van der Waals surface area contributed by atoms with Crippen molar-refractivity contribution in [1.82, 2.24) is 0 Å². The first-order chi connectivity index (χ1) is 8.25. The van der Waals surface area contributed by atoms with Gasteiger partial charge < -0.3 is 10.1 Å². The summed E-state index contributed by atoms with van der Waals surface area (Å²) in [6, 6.07) is 3.35. The van der Waals surface area contributed by atoms with E-state index in [9.17, 15) is 18.0 Å². The number of ether oxygens (including phenoxy) is 1. The van der Waals surface area contributed by atoms with Crippen LogP contribution in [0.3, 0.4) is 0 Å². The number of benzene rings is 1. The maximum atomic E-state index is 12.7. The van der Waals surface area contributed by atoms with Gasteiger partial charge in [0.1, 0.15) is 5.75 Å². The lowest BCUT2D eigenvalue weighted by Gasteiger charge is -2.14. The summed E-state index contributed by atoms with van der Waals surface area (Å²) in [5, 5.41) is 2.36. The molecule has 0 heterocycles. The zero-order valence-electron chi connectivity index (χ0n) is 9.64. The molecule has 0 spiro atoms. The first-order valence-electron chi connectivity index (χ1n) is 4.96. The van der Waals surface area contributed by atoms with Gasteiger partial charge in [-0.1, -0.05) is 15.9 Å². The van der Waals surface area contributed by atoms with Gasteiger partial charge in [-0.25, -0.2) is 0 Å². The van der Waals surface area contributed by atoms with E-state index in [1.165, 1.54) is 6.07 Å². The van der Waals surface area contributed by atoms with E-state index < -0.39 is 22.5 Å². The van der Waals surface area contributed by atoms with Crippen molar-refractivity contribution in [3.05, 3.63) is 23.8 Å². The molecule has 1 amide bonds. The van der Waals surface area contributed by atoms with Gasteiger partial charge in [-0.05, 0) is 25.1 Å². The van der Waals surface area contributed by atoms with Crippen molar-refractivity contribution in [1.29, 1.82) is 0 Å². The molecular formula is C11H11BrF3NO2. The number of methoxy groups -OCH3 is 1. The molecule has 1 aromatic rings. The molecule has 0 bridgehead atoms. The normalized spacial score (nSPS) is 13.0. The number of hydrogen-bond donors (Lipinski definition) is 1. The average molecular weight is 326 g/mol. The summed E-state index contributed by atoms with van der Waals surface area (Å²) < 4.78 is 42.8. The van der Waals surface area contributed by atoms with Crippen molar-refractivity contribution in [3.63, 3.8) is 0 Å². The van der Waals surface area contributed by atoms with Crippen LogP contribution >= 0.6 is 15.9 Å². The quantitative estimate of drug-likeness (QED) is 0.864. The lowest BCUT2D eigenvalue weighted by Crippen LogP contribution is -2.20. The highest BCUT2D eigenvalue weighted by Crippen LogP contribution is 2.37. The van der Waals surface area contributed by atoms with E-state index in [4.69, 9.17) is 0 Å². The number of carbonyl (C=O) groups is 1. The summed E-state index contributed by atoms with van der Waals surface area (Å²) >= 11 is 3.02. The third kappa shape index (κ3) is 3.63. The Bertz CT molecular complexity index is 446. The van der Waals surface area contributed by atoms with E-state index in [1.807, 2.05) is 0 Å². The van der Waals surface area contributed by atoms with Gasteiger partial charge in [0.25, 0.3) is 0 Å². The van der Waals surface area contributed by atoms with Gasteiger partial charge in [-0.15, -0.1) is 0 Å². The summed E-state index contributed by atoms with van der Waals surface area (Å²) in [5.74, 6) is -0.708. The number of rotatable bonds is 3. The van der Waals surface area contributed by atoms with Gasteiger partial charge in [0, 0.05) is 5.69 Å². The third-order valence-electron chi connectivity index (χ3n) is 2.13. The molecule has 1 aromatic carbocycles. The van der Waals surface area contributed by atoms with Crippen molar-refractivity contribution in [3.8, 4) is 5.75 Å². The summed E-state index contributed by atoms with van der Waals surface area (Å²) in [6.07, 6.45) is -4.54. The molecule has 1 N–H and O–H groups in total. The number of amides is 1. The number of carbonyl (C=O) groups excluding carboxylic acids is 1. The molecule has 0 aliphatic heterocycles. The van der Waals surface area contributed by atoms with Gasteiger partial charge in [0.05, 0.1) is 17.5 Å². The predicted molar refractivity (Wildman–Crippen MR) is 65.0 cm³/mol. The topological polar surface area (TPSA) is 38.3 Å². The van der Waals surface area contributed by atoms with Crippen LogP contribution in [-0.2, 0) is 11.0 Å². The fourth-order valence-electron chi connectivity index (χ4n) is 1.25. The Morgan fingerprint density at radius 3 is 2.50 bits per heavy atom. The molecule has 18 heavy (non-hydrogen) atoms. The molecule has 0 fully saturated rings. The highest BCUT2D eigenvalue weighted by atomic mass is 79.9. The van der Waals surface area contributed by atoms with E-state index in [1.54, 1.807) is 6.92 Å². The van der Waals surface area contributed by atoms with Gasteiger partial charge in [0.2, 0.25) is 5.91 Å². The summed E-state index contributed by atoms with van der Waals surface area (Å²) in [6.45, 7) is 1.57. The number of halogens is 4. The fourth-order valence-corrected chi connectivity index (χ4v) is 1.36. The Labute approximate surface area is 110 Å². The molecule has 100 valence electrons. The molecule has 7 heteroatoms. The molecule has 0 aliphatic carbocycles. The van der Waals surface area contributed by atoms with E-state index in [2.05, 4.69) is 26.0 Å². The monoisotopic (exact) mass is 325 g/mol. The average Bonchev–Trinajstić information content (AvgIpc) is 2.27.